The lowest BCUT2D eigenvalue weighted by molar-refractivity contribution is -0.116. The molecule has 2 aromatic carbocycles. The Morgan fingerprint density at radius 3 is 2.50 bits per heavy atom. The van der Waals surface area contributed by atoms with E-state index in [1.54, 1.807) is 22.9 Å². The van der Waals surface area contributed by atoms with E-state index in [-0.39, 0.29) is 18.0 Å². The number of pyridine rings is 1. The molecular formula is C23H21ClN4O2. The first-order chi connectivity index (χ1) is 14.3. The maximum atomic E-state index is 12.9. The van der Waals surface area contributed by atoms with Gasteiger partial charge in [0.1, 0.15) is 12.2 Å². The van der Waals surface area contributed by atoms with Gasteiger partial charge in [-0.1, -0.05) is 35.9 Å². The molecule has 4 aromatic rings. The van der Waals surface area contributed by atoms with E-state index in [9.17, 15) is 9.59 Å². The third-order valence-corrected chi connectivity index (χ3v) is 5.30. The van der Waals surface area contributed by atoms with E-state index >= 15 is 0 Å². The van der Waals surface area contributed by atoms with Crippen LogP contribution in [0.1, 0.15) is 16.8 Å². The summed E-state index contributed by atoms with van der Waals surface area (Å²) in [4.78, 5) is 25.7. The predicted octanol–water partition coefficient (Wildman–Crippen LogP) is 4.40. The summed E-state index contributed by atoms with van der Waals surface area (Å²) in [5.41, 5.74) is 4.30. The predicted molar refractivity (Wildman–Crippen MR) is 120 cm³/mol. The van der Waals surface area contributed by atoms with Crippen LogP contribution in [0.3, 0.4) is 0 Å². The average molecular weight is 421 g/mol. The second-order valence-electron chi connectivity index (χ2n) is 7.29. The number of benzene rings is 2. The van der Waals surface area contributed by atoms with Gasteiger partial charge < -0.3 is 5.32 Å². The molecule has 152 valence electrons. The van der Waals surface area contributed by atoms with E-state index in [4.69, 9.17) is 11.6 Å². The first kappa shape index (κ1) is 19.9. The van der Waals surface area contributed by atoms with Crippen LogP contribution in [0.2, 0.25) is 5.02 Å². The number of halogens is 1. The van der Waals surface area contributed by atoms with Crippen molar-refractivity contribution in [2.75, 3.05) is 5.32 Å². The maximum Gasteiger partial charge on any atom is 0.252 e. The zero-order chi connectivity index (χ0) is 21.4. The molecule has 0 radical (unpaired) electrons. The molecule has 0 bridgehead atoms. The van der Waals surface area contributed by atoms with Gasteiger partial charge in [0.2, 0.25) is 5.91 Å². The lowest BCUT2D eigenvalue weighted by Gasteiger charge is -2.13. The number of nitrogens with one attached hydrogen (secondary N) is 1. The Hall–Kier alpha value is -3.38. The summed E-state index contributed by atoms with van der Waals surface area (Å²) >= 11 is 6.05. The number of aromatic nitrogens is 3. The second-order valence-corrected chi connectivity index (χ2v) is 7.73. The van der Waals surface area contributed by atoms with E-state index in [1.165, 1.54) is 4.57 Å². The Labute approximate surface area is 178 Å². The Morgan fingerprint density at radius 1 is 1.03 bits per heavy atom. The van der Waals surface area contributed by atoms with Crippen LogP contribution in [-0.4, -0.2) is 20.3 Å². The number of para-hydroxylation sites is 1. The molecule has 0 aliphatic carbocycles. The molecule has 7 heteroatoms. The van der Waals surface area contributed by atoms with Gasteiger partial charge >= 0.3 is 0 Å². The highest BCUT2D eigenvalue weighted by molar-refractivity contribution is 6.31. The molecule has 6 nitrogen and oxygen atoms in total. The first-order valence-corrected chi connectivity index (χ1v) is 9.94. The molecule has 2 aromatic heterocycles. The van der Waals surface area contributed by atoms with Crippen molar-refractivity contribution in [3.63, 3.8) is 0 Å². The van der Waals surface area contributed by atoms with Crippen molar-refractivity contribution in [2.45, 2.75) is 27.3 Å². The third-order valence-electron chi connectivity index (χ3n) is 5.07. The van der Waals surface area contributed by atoms with Gasteiger partial charge in [0.25, 0.3) is 5.56 Å². The van der Waals surface area contributed by atoms with Gasteiger partial charge in [-0.25, -0.2) is 4.68 Å². The van der Waals surface area contributed by atoms with E-state index in [0.717, 1.165) is 27.9 Å². The lowest BCUT2D eigenvalue weighted by Crippen LogP contribution is -2.29. The van der Waals surface area contributed by atoms with Crippen molar-refractivity contribution in [1.82, 2.24) is 14.3 Å². The number of fused-ring (bicyclic) bond motifs is 1. The molecule has 30 heavy (non-hydrogen) atoms. The van der Waals surface area contributed by atoms with Crippen LogP contribution >= 0.6 is 11.6 Å². The summed E-state index contributed by atoms with van der Waals surface area (Å²) in [6.07, 6.45) is 0. The SMILES string of the molecule is Cc1ccc(Cl)cc1NC(=O)Cn1c(=O)cc(C)c2c(C)nn(-c3ccccc3)c21. The molecular weight excluding hydrogens is 400 g/mol. The quantitative estimate of drug-likeness (QED) is 0.531. The summed E-state index contributed by atoms with van der Waals surface area (Å²) in [7, 11) is 0. The molecule has 1 N–H and O–H groups in total. The number of amides is 1. The minimum absolute atomic E-state index is 0.139. The van der Waals surface area contributed by atoms with Gasteiger partial charge in [0, 0.05) is 22.2 Å². The molecule has 1 amide bonds. The molecule has 0 fully saturated rings. The highest BCUT2D eigenvalue weighted by atomic mass is 35.5. The van der Waals surface area contributed by atoms with E-state index in [2.05, 4.69) is 10.4 Å². The van der Waals surface area contributed by atoms with Gasteiger partial charge in [-0.05, 0) is 56.2 Å². The second kappa shape index (κ2) is 7.80. The molecule has 2 heterocycles. The fourth-order valence-corrected chi connectivity index (χ4v) is 3.80. The summed E-state index contributed by atoms with van der Waals surface area (Å²) in [5.74, 6) is -0.314. The fourth-order valence-electron chi connectivity index (χ4n) is 3.63. The summed E-state index contributed by atoms with van der Waals surface area (Å²) in [6.45, 7) is 5.53. The number of hydrogen-bond acceptors (Lipinski definition) is 3. The highest BCUT2D eigenvalue weighted by Gasteiger charge is 2.19. The van der Waals surface area contributed by atoms with Crippen molar-refractivity contribution >= 4 is 34.2 Å². The van der Waals surface area contributed by atoms with Crippen molar-refractivity contribution in [1.29, 1.82) is 0 Å². The summed E-state index contributed by atoms with van der Waals surface area (Å²) < 4.78 is 3.18. The zero-order valence-corrected chi connectivity index (χ0v) is 17.7. The number of aryl methyl sites for hydroxylation is 3. The standard InChI is InChI=1S/C23H21ClN4O2/c1-14-9-10-17(24)12-19(14)25-20(29)13-27-21(30)11-15(2)22-16(3)26-28(23(22)27)18-7-5-4-6-8-18/h4-12H,13H2,1-3H3,(H,25,29). The Kier molecular flexibility index (Phi) is 5.18. The molecule has 0 saturated carbocycles. The Bertz CT molecular complexity index is 1320. The van der Waals surface area contributed by atoms with Crippen molar-refractivity contribution in [2.24, 2.45) is 0 Å². The third kappa shape index (κ3) is 3.62. The van der Waals surface area contributed by atoms with E-state index < -0.39 is 0 Å². The number of carbonyl (C=O) groups excluding carboxylic acids is 1. The van der Waals surface area contributed by atoms with Crippen LogP contribution in [0.4, 0.5) is 5.69 Å². The fraction of sp³-hybridized carbons (Fsp3) is 0.174. The van der Waals surface area contributed by atoms with Crippen LogP contribution in [0, 0.1) is 20.8 Å². The Morgan fingerprint density at radius 2 is 1.77 bits per heavy atom. The zero-order valence-electron chi connectivity index (χ0n) is 16.9. The molecule has 4 rings (SSSR count). The van der Waals surface area contributed by atoms with Gasteiger partial charge in [0.15, 0.2) is 0 Å². The minimum Gasteiger partial charge on any atom is -0.324 e. The Balaban J connectivity index is 1.81. The van der Waals surface area contributed by atoms with E-state index in [0.29, 0.717) is 16.4 Å². The number of hydrogen-bond donors (Lipinski definition) is 1. The normalized spacial score (nSPS) is 11.1. The van der Waals surface area contributed by atoms with Crippen LogP contribution < -0.4 is 10.9 Å². The van der Waals surface area contributed by atoms with Gasteiger partial charge in [0.05, 0.1) is 11.4 Å². The average Bonchev–Trinajstić information content (AvgIpc) is 3.06. The minimum atomic E-state index is -0.314. The molecule has 0 spiro atoms. The monoisotopic (exact) mass is 420 g/mol. The molecule has 0 saturated heterocycles. The molecule has 0 aliphatic rings. The maximum absolute atomic E-state index is 12.9. The van der Waals surface area contributed by atoms with Gasteiger partial charge in [-0.15, -0.1) is 0 Å². The molecule has 0 unspecified atom stereocenters. The first-order valence-electron chi connectivity index (χ1n) is 9.56. The van der Waals surface area contributed by atoms with Crippen molar-refractivity contribution in [3.8, 4) is 5.69 Å². The topological polar surface area (TPSA) is 68.9 Å². The lowest BCUT2D eigenvalue weighted by atomic mass is 10.1. The number of nitrogens with zero attached hydrogens (tertiary/aromatic N) is 3. The van der Waals surface area contributed by atoms with Crippen molar-refractivity contribution in [3.05, 3.63) is 86.8 Å². The van der Waals surface area contributed by atoms with Gasteiger partial charge in [-0.2, -0.15) is 5.10 Å². The van der Waals surface area contributed by atoms with Crippen LogP contribution in [0.15, 0.2) is 59.4 Å². The van der Waals surface area contributed by atoms with Crippen LogP contribution in [0.25, 0.3) is 16.7 Å². The summed E-state index contributed by atoms with van der Waals surface area (Å²) in [6, 6.07) is 16.4. The number of anilines is 1. The number of carbonyl (C=O) groups is 1. The van der Waals surface area contributed by atoms with Crippen molar-refractivity contribution < 1.29 is 4.79 Å². The molecule has 0 atom stereocenters. The smallest absolute Gasteiger partial charge is 0.252 e. The largest absolute Gasteiger partial charge is 0.324 e. The van der Waals surface area contributed by atoms with Crippen LogP contribution in [0.5, 0.6) is 0 Å². The summed E-state index contributed by atoms with van der Waals surface area (Å²) in [5, 5.41) is 8.90. The van der Waals surface area contributed by atoms with Gasteiger partial charge in [-0.3, -0.25) is 14.2 Å². The molecule has 0 aliphatic heterocycles. The van der Waals surface area contributed by atoms with E-state index in [1.807, 2.05) is 57.2 Å². The van der Waals surface area contributed by atoms with Crippen LogP contribution in [-0.2, 0) is 11.3 Å². The highest BCUT2D eigenvalue weighted by Crippen LogP contribution is 2.24. The number of rotatable bonds is 4.